The van der Waals surface area contributed by atoms with E-state index in [9.17, 15) is 0 Å². The van der Waals surface area contributed by atoms with Crippen molar-refractivity contribution in [2.75, 3.05) is 40.0 Å². The third-order valence-corrected chi connectivity index (χ3v) is 2.60. The van der Waals surface area contributed by atoms with Crippen molar-refractivity contribution in [2.45, 2.75) is 19.8 Å². The van der Waals surface area contributed by atoms with Gasteiger partial charge in [0, 0.05) is 26.3 Å². The van der Waals surface area contributed by atoms with Gasteiger partial charge in [-0.05, 0) is 31.7 Å². The van der Waals surface area contributed by atoms with Crippen LogP contribution in [0.5, 0.6) is 0 Å². The van der Waals surface area contributed by atoms with E-state index in [1.54, 1.807) is 0 Å². The van der Waals surface area contributed by atoms with Gasteiger partial charge in [0.05, 0.1) is 6.61 Å². The van der Waals surface area contributed by atoms with Crippen LogP contribution in [-0.2, 0) is 4.74 Å². The monoisotopic (exact) mass is 201 g/mol. The Morgan fingerprint density at radius 3 is 2.79 bits per heavy atom. The lowest BCUT2D eigenvalue weighted by molar-refractivity contribution is 0.0953. The Bertz CT molecular complexity index is 148. The first-order valence-electron chi connectivity index (χ1n) is 5.59. The zero-order chi connectivity index (χ0) is 10.4. The number of aliphatic hydroxyl groups excluding tert-OH is 1. The first-order valence-corrected chi connectivity index (χ1v) is 5.59. The lowest BCUT2D eigenvalue weighted by atomic mass is 10.2. The van der Waals surface area contributed by atoms with Crippen molar-refractivity contribution < 1.29 is 9.84 Å². The van der Waals surface area contributed by atoms with Gasteiger partial charge in [-0.25, -0.2) is 0 Å². The molecular weight excluding hydrogens is 178 g/mol. The highest BCUT2D eigenvalue weighted by Gasteiger charge is 2.20. The molecule has 1 unspecified atom stereocenters. The molecule has 0 amide bonds. The minimum absolute atomic E-state index is 0.271. The summed E-state index contributed by atoms with van der Waals surface area (Å²) in [5, 5.41) is 8.88. The fourth-order valence-electron chi connectivity index (χ4n) is 1.44. The van der Waals surface area contributed by atoms with Crippen molar-refractivity contribution in [1.82, 2.24) is 4.90 Å². The molecule has 84 valence electrons. The van der Waals surface area contributed by atoms with Crippen LogP contribution in [0.2, 0.25) is 0 Å². The molecule has 3 heteroatoms. The second-order valence-electron chi connectivity index (χ2n) is 4.57. The summed E-state index contributed by atoms with van der Waals surface area (Å²) in [4.78, 5) is 2.22. The smallest absolute Gasteiger partial charge is 0.0593 e. The van der Waals surface area contributed by atoms with Gasteiger partial charge in [-0.3, -0.25) is 0 Å². The van der Waals surface area contributed by atoms with E-state index in [4.69, 9.17) is 9.84 Å². The molecule has 1 aliphatic carbocycles. The second-order valence-corrected chi connectivity index (χ2v) is 4.57. The summed E-state index contributed by atoms with van der Waals surface area (Å²) in [6, 6.07) is 0. The number of aliphatic hydroxyl groups is 1. The summed E-state index contributed by atoms with van der Waals surface area (Å²) in [7, 11) is 2.08. The Labute approximate surface area is 87.1 Å². The topological polar surface area (TPSA) is 32.7 Å². The van der Waals surface area contributed by atoms with E-state index >= 15 is 0 Å². The van der Waals surface area contributed by atoms with Crippen molar-refractivity contribution in [3.05, 3.63) is 0 Å². The van der Waals surface area contributed by atoms with Crippen LogP contribution in [0.4, 0.5) is 0 Å². The molecule has 0 bridgehead atoms. The molecule has 0 aromatic heterocycles. The largest absolute Gasteiger partial charge is 0.396 e. The average Bonchev–Trinajstić information content (AvgIpc) is 2.96. The lowest BCUT2D eigenvalue weighted by Gasteiger charge is -2.19. The van der Waals surface area contributed by atoms with E-state index in [0.29, 0.717) is 5.92 Å². The van der Waals surface area contributed by atoms with Crippen LogP contribution < -0.4 is 0 Å². The molecule has 3 nitrogen and oxygen atoms in total. The van der Waals surface area contributed by atoms with E-state index in [2.05, 4.69) is 18.9 Å². The highest BCUT2D eigenvalue weighted by molar-refractivity contribution is 4.72. The molecule has 0 heterocycles. The third-order valence-electron chi connectivity index (χ3n) is 2.60. The Hall–Kier alpha value is -0.120. The highest BCUT2D eigenvalue weighted by Crippen LogP contribution is 2.28. The maximum atomic E-state index is 8.88. The molecule has 1 atom stereocenters. The van der Waals surface area contributed by atoms with Crippen LogP contribution >= 0.6 is 0 Å². The minimum atomic E-state index is 0.271. The molecule has 1 rings (SSSR count). The second kappa shape index (κ2) is 6.38. The fraction of sp³-hybridized carbons (Fsp3) is 1.00. The highest BCUT2D eigenvalue weighted by atomic mass is 16.5. The number of likely N-dealkylation sites (N-methyl/N-ethyl adjacent to an activating group) is 1. The Morgan fingerprint density at radius 1 is 1.50 bits per heavy atom. The summed E-state index contributed by atoms with van der Waals surface area (Å²) >= 11 is 0. The minimum Gasteiger partial charge on any atom is -0.396 e. The number of nitrogens with zero attached hydrogens (tertiary/aromatic N) is 1. The van der Waals surface area contributed by atoms with Gasteiger partial charge in [-0.15, -0.1) is 0 Å². The summed E-state index contributed by atoms with van der Waals surface area (Å²) in [5.41, 5.74) is 0. The summed E-state index contributed by atoms with van der Waals surface area (Å²) in [6.45, 7) is 6.02. The first-order chi connectivity index (χ1) is 6.72. The SMILES string of the molecule is CC(CO)CN(C)CCOCC1CC1. The van der Waals surface area contributed by atoms with Crippen LogP contribution in [0.1, 0.15) is 19.8 Å². The van der Waals surface area contributed by atoms with Crippen LogP contribution in [-0.4, -0.2) is 50.0 Å². The van der Waals surface area contributed by atoms with Crippen LogP contribution in [0.3, 0.4) is 0 Å². The van der Waals surface area contributed by atoms with Crippen molar-refractivity contribution >= 4 is 0 Å². The number of rotatable bonds is 8. The Morgan fingerprint density at radius 2 is 2.21 bits per heavy atom. The lowest BCUT2D eigenvalue weighted by Crippen LogP contribution is -2.29. The summed E-state index contributed by atoms with van der Waals surface area (Å²) in [6.07, 6.45) is 2.72. The third kappa shape index (κ3) is 5.58. The van der Waals surface area contributed by atoms with E-state index in [1.807, 2.05) is 0 Å². The van der Waals surface area contributed by atoms with Gasteiger partial charge in [-0.2, -0.15) is 0 Å². The molecule has 0 spiro atoms. The van der Waals surface area contributed by atoms with Gasteiger partial charge in [0.15, 0.2) is 0 Å². The quantitative estimate of drug-likeness (QED) is 0.594. The van der Waals surface area contributed by atoms with Crippen LogP contribution in [0.25, 0.3) is 0 Å². The molecule has 14 heavy (non-hydrogen) atoms. The van der Waals surface area contributed by atoms with E-state index in [-0.39, 0.29) is 6.61 Å². The van der Waals surface area contributed by atoms with Crippen LogP contribution in [0.15, 0.2) is 0 Å². The average molecular weight is 201 g/mol. The predicted molar refractivity (Wildman–Crippen MR) is 57.3 cm³/mol. The van der Waals surface area contributed by atoms with Gasteiger partial charge >= 0.3 is 0 Å². The zero-order valence-corrected chi connectivity index (χ0v) is 9.41. The molecule has 0 aromatic rings. The number of hydrogen-bond acceptors (Lipinski definition) is 3. The Kier molecular flexibility index (Phi) is 5.45. The molecular formula is C11H23NO2. The molecule has 1 saturated carbocycles. The van der Waals surface area contributed by atoms with Crippen molar-refractivity contribution in [3.8, 4) is 0 Å². The number of hydrogen-bond donors (Lipinski definition) is 1. The molecule has 1 N–H and O–H groups in total. The summed E-state index contributed by atoms with van der Waals surface area (Å²) < 4.78 is 5.54. The number of ether oxygens (including phenoxy) is 1. The normalized spacial score (nSPS) is 18.9. The van der Waals surface area contributed by atoms with E-state index in [0.717, 1.165) is 32.2 Å². The van der Waals surface area contributed by atoms with Gasteiger partial charge in [0.2, 0.25) is 0 Å². The molecule has 0 radical (unpaired) electrons. The molecule has 0 saturated heterocycles. The van der Waals surface area contributed by atoms with E-state index in [1.165, 1.54) is 12.8 Å². The van der Waals surface area contributed by atoms with Crippen molar-refractivity contribution in [1.29, 1.82) is 0 Å². The molecule has 0 aliphatic heterocycles. The first kappa shape index (κ1) is 12.0. The summed E-state index contributed by atoms with van der Waals surface area (Å²) in [5.74, 6) is 1.22. The van der Waals surface area contributed by atoms with Gasteiger partial charge < -0.3 is 14.7 Å². The molecule has 1 fully saturated rings. The van der Waals surface area contributed by atoms with Crippen molar-refractivity contribution in [2.24, 2.45) is 11.8 Å². The standard InChI is InChI=1S/C11H23NO2/c1-10(8-13)7-12(2)5-6-14-9-11-3-4-11/h10-11,13H,3-9H2,1-2H3. The van der Waals surface area contributed by atoms with Gasteiger partial charge in [-0.1, -0.05) is 6.92 Å². The van der Waals surface area contributed by atoms with Crippen LogP contribution in [0, 0.1) is 11.8 Å². The molecule has 1 aliphatic rings. The van der Waals surface area contributed by atoms with E-state index < -0.39 is 0 Å². The molecule has 0 aromatic carbocycles. The maximum absolute atomic E-state index is 8.88. The fourth-order valence-corrected chi connectivity index (χ4v) is 1.44. The van der Waals surface area contributed by atoms with Gasteiger partial charge in [0.25, 0.3) is 0 Å². The van der Waals surface area contributed by atoms with Gasteiger partial charge in [0.1, 0.15) is 0 Å². The Balaban J connectivity index is 1.88. The predicted octanol–water partition coefficient (Wildman–Crippen LogP) is 0.973. The van der Waals surface area contributed by atoms with Crippen molar-refractivity contribution in [3.63, 3.8) is 0 Å². The zero-order valence-electron chi connectivity index (χ0n) is 9.41. The maximum Gasteiger partial charge on any atom is 0.0593 e.